The summed E-state index contributed by atoms with van der Waals surface area (Å²) < 4.78 is 1.71. The molecule has 2 aromatic rings. The number of nitrogens with zero attached hydrogens (tertiary/aromatic N) is 2. The molecule has 0 aliphatic rings. The minimum atomic E-state index is -1.01. The van der Waals surface area contributed by atoms with Gasteiger partial charge < -0.3 is 15.6 Å². The third-order valence-corrected chi connectivity index (χ3v) is 4.70. The third-order valence-electron chi connectivity index (χ3n) is 4.70. The number of carbonyl (C=O) groups is 3. The van der Waals surface area contributed by atoms with Gasteiger partial charge in [0.1, 0.15) is 6.04 Å². The summed E-state index contributed by atoms with van der Waals surface area (Å²) in [7, 11) is 0. The van der Waals surface area contributed by atoms with Gasteiger partial charge in [0.05, 0.1) is 6.42 Å². The molecular formula is C22H30N4O3. The quantitative estimate of drug-likeness (QED) is 0.399. The van der Waals surface area contributed by atoms with Crippen molar-refractivity contribution >= 4 is 17.6 Å². The standard InChI is InChI=1S/C22H30N4O3/c1-2-3-4-5-9-12-20(28)25-18(15-19(23)27)21(29)22-24-13-14-26(22)16-17-10-7-6-8-11-17/h6-8,10-11,13-14,18H,2-5,9,12,15-16H2,1H3,(H2,23,27)(H,25,28). The smallest absolute Gasteiger partial charge is 0.220 e. The maximum Gasteiger partial charge on any atom is 0.220 e. The van der Waals surface area contributed by atoms with Crippen molar-refractivity contribution in [3.05, 3.63) is 54.1 Å². The van der Waals surface area contributed by atoms with Gasteiger partial charge in [0.25, 0.3) is 0 Å². The van der Waals surface area contributed by atoms with Crippen LogP contribution in [0.25, 0.3) is 0 Å². The van der Waals surface area contributed by atoms with Gasteiger partial charge in [0.15, 0.2) is 5.82 Å². The Morgan fingerprint density at radius 1 is 1.10 bits per heavy atom. The van der Waals surface area contributed by atoms with Crippen molar-refractivity contribution < 1.29 is 14.4 Å². The molecular weight excluding hydrogens is 368 g/mol. The number of primary amides is 1. The summed E-state index contributed by atoms with van der Waals surface area (Å²) in [6.07, 6.45) is 8.41. The fourth-order valence-corrected chi connectivity index (χ4v) is 3.16. The number of nitrogens with one attached hydrogen (secondary N) is 1. The zero-order chi connectivity index (χ0) is 21.1. The molecule has 1 aromatic carbocycles. The number of hydrogen-bond donors (Lipinski definition) is 2. The molecule has 0 bridgehead atoms. The topological polar surface area (TPSA) is 107 Å². The summed E-state index contributed by atoms with van der Waals surface area (Å²) in [5.41, 5.74) is 6.32. The van der Waals surface area contributed by atoms with Crippen molar-refractivity contribution in [3.63, 3.8) is 0 Å². The van der Waals surface area contributed by atoms with Crippen molar-refractivity contribution in [2.24, 2.45) is 5.73 Å². The molecule has 0 aliphatic carbocycles. The molecule has 7 heteroatoms. The Kier molecular flexibility index (Phi) is 9.08. The molecule has 2 rings (SSSR count). The van der Waals surface area contributed by atoms with Crippen molar-refractivity contribution in [2.45, 2.75) is 64.5 Å². The lowest BCUT2D eigenvalue weighted by molar-refractivity contribution is -0.122. The molecule has 1 heterocycles. The molecule has 29 heavy (non-hydrogen) atoms. The van der Waals surface area contributed by atoms with Gasteiger partial charge in [-0.15, -0.1) is 0 Å². The fraction of sp³-hybridized carbons (Fsp3) is 0.455. The normalized spacial score (nSPS) is 11.8. The molecule has 7 nitrogen and oxygen atoms in total. The summed E-state index contributed by atoms with van der Waals surface area (Å²) >= 11 is 0. The number of ketones is 1. The van der Waals surface area contributed by atoms with Crippen LogP contribution >= 0.6 is 0 Å². The number of imidazole rings is 1. The molecule has 156 valence electrons. The van der Waals surface area contributed by atoms with Crippen molar-refractivity contribution in [2.75, 3.05) is 0 Å². The lowest BCUT2D eigenvalue weighted by Crippen LogP contribution is -2.44. The highest BCUT2D eigenvalue weighted by molar-refractivity contribution is 6.01. The van der Waals surface area contributed by atoms with Crippen molar-refractivity contribution in [1.29, 1.82) is 0 Å². The first kappa shape index (κ1) is 22.3. The Balaban J connectivity index is 2.02. The number of benzene rings is 1. The summed E-state index contributed by atoms with van der Waals surface area (Å²) in [5, 5.41) is 2.68. The van der Waals surface area contributed by atoms with Crippen LogP contribution in [0.3, 0.4) is 0 Å². The molecule has 0 radical (unpaired) electrons. The predicted molar refractivity (Wildman–Crippen MR) is 111 cm³/mol. The molecule has 2 amide bonds. The Hall–Kier alpha value is -2.96. The predicted octanol–water partition coefficient (Wildman–Crippen LogP) is 2.83. The SMILES string of the molecule is CCCCCCCC(=O)NC(CC(N)=O)C(=O)c1nccn1Cc1ccccc1. The first-order chi connectivity index (χ1) is 14.0. The Labute approximate surface area is 171 Å². The average Bonchev–Trinajstić information content (AvgIpc) is 3.15. The summed E-state index contributed by atoms with van der Waals surface area (Å²) in [6.45, 7) is 2.60. The molecule has 3 N–H and O–H groups in total. The van der Waals surface area contributed by atoms with E-state index in [-0.39, 0.29) is 18.2 Å². The summed E-state index contributed by atoms with van der Waals surface area (Å²) in [5.74, 6) is -1.11. The first-order valence-electron chi connectivity index (χ1n) is 10.2. The van der Waals surface area contributed by atoms with E-state index in [4.69, 9.17) is 5.73 Å². The van der Waals surface area contributed by atoms with Crippen LogP contribution in [-0.2, 0) is 16.1 Å². The van der Waals surface area contributed by atoms with E-state index in [2.05, 4.69) is 17.2 Å². The van der Waals surface area contributed by atoms with E-state index in [0.717, 1.165) is 37.7 Å². The van der Waals surface area contributed by atoms with Gasteiger partial charge in [-0.3, -0.25) is 14.4 Å². The molecule has 0 spiro atoms. The van der Waals surface area contributed by atoms with Gasteiger partial charge in [-0.2, -0.15) is 0 Å². The lowest BCUT2D eigenvalue weighted by Gasteiger charge is -2.17. The second kappa shape index (κ2) is 11.8. The highest BCUT2D eigenvalue weighted by Gasteiger charge is 2.27. The van der Waals surface area contributed by atoms with E-state index in [9.17, 15) is 14.4 Å². The molecule has 1 atom stereocenters. The Bertz CT molecular complexity index is 801. The monoisotopic (exact) mass is 398 g/mol. The minimum Gasteiger partial charge on any atom is -0.370 e. The molecule has 0 fully saturated rings. The minimum absolute atomic E-state index is 0.198. The second-order valence-corrected chi connectivity index (χ2v) is 7.18. The maximum absolute atomic E-state index is 13.0. The number of carbonyl (C=O) groups excluding carboxylic acids is 3. The van der Waals surface area contributed by atoms with Gasteiger partial charge in [0.2, 0.25) is 17.6 Å². The molecule has 1 unspecified atom stereocenters. The number of hydrogen-bond acceptors (Lipinski definition) is 4. The van der Waals surface area contributed by atoms with Crippen molar-refractivity contribution in [1.82, 2.24) is 14.9 Å². The van der Waals surface area contributed by atoms with Crippen LogP contribution in [-0.4, -0.2) is 33.2 Å². The zero-order valence-electron chi connectivity index (χ0n) is 17.0. The third kappa shape index (κ3) is 7.52. The summed E-state index contributed by atoms with van der Waals surface area (Å²) in [4.78, 5) is 40.9. The van der Waals surface area contributed by atoms with Gasteiger partial charge in [-0.25, -0.2) is 4.98 Å². The number of Topliss-reactive ketones (excluding diaryl/α,β-unsaturated/α-hetero) is 1. The Morgan fingerprint density at radius 2 is 1.83 bits per heavy atom. The van der Waals surface area contributed by atoms with E-state index < -0.39 is 17.7 Å². The number of nitrogens with two attached hydrogens (primary N) is 1. The van der Waals surface area contributed by atoms with Crippen LogP contribution in [0, 0.1) is 0 Å². The maximum atomic E-state index is 13.0. The number of unbranched alkanes of at least 4 members (excludes halogenated alkanes) is 4. The van der Waals surface area contributed by atoms with E-state index in [1.807, 2.05) is 30.3 Å². The van der Waals surface area contributed by atoms with E-state index in [1.165, 1.54) is 6.20 Å². The number of rotatable bonds is 13. The molecule has 0 saturated carbocycles. The molecule has 1 aromatic heterocycles. The van der Waals surface area contributed by atoms with Crippen LogP contribution in [0.1, 0.15) is 68.1 Å². The largest absolute Gasteiger partial charge is 0.370 e. The highest BCUT2D eigenvalue weighted by Crippen LogP contribution is 2.10. The molecule has 0 aliphatic heterocycles. The average molecular weight is 399 g/mol. The van der Waals surface area contributed by atoms with Crippen LogP contribution in [0.4, 0.5) is 0 Å². The second-order valence-electron chi connectivity index (χ2n) is 7.18. The highest BCUT2D eigenvalue weighted by atomic mass is 16.2. The van der Waals surface area contributed by atoms with Gasteiger partial charge in [0, 0.05) is 25.4 Å². The molecule has 0 saturated heterocycles. The number of aromatic nitrogens is 2. The Morgan fingerprint density at radius 3 is 2.52 bits per heavy atom. The summed E-state index contributed by atoms with van der Waals surface area (Å²) in [6, 6.07) is 8.66. The van der Waals surface area contributed by atoms with Gasteiger partial charge >= 0.3 is 0 Å². The first-order valence-corrected chi connectivity index (χ1v) is 10.2. The number of amides is 2. The lowest BCUT2D eigenvalue weighted by atomic mass is 10.1. The van der Waals surface area contributed by atoms with Gasteiger partial charge in [-0.1, -0.05) is 62.9 Å². The van der Waals surface area contributed by atoms with Crippen molar-refractivity contribution in [3.8, 4) is 0 Å². The van der Waals surface area contributed by atoms with E-state index >= 15 is 0 Å². The zero-order valence-corrected chi connectivity index (χ0v) is 17.0. The van der Waals surface area contributed by atoms with E-state index in [0.29, 0.717) is 13.0 Å². The van der Waals surface area contributed by atoms with Gasteiger partial charge in [-0.05, 0) is 12.0 Å². The van der Waals surface area contributed by atoms with E-state index in [1.54, 1.807) is 10.8 Å². The van der Waals surface area contributed by atoms with Crippen LogP contribution in [0.15, 0.2) is 42.7 Å². The van der Waals surface area contributed by atoms with Crippen LogP contribution in [0.5, 0.6) is 0 Å². The fourth-order valence-electron chi connectivity index (χ4n) is 3.16. The van der Waals surface area contributed by atoms with Crippen LogP contribution in [0.2, 0.25) is 0 Å². The van der Waals surface area contributed by atoms with Crippen LogP contribution < -0.4 is 11.1 Å².